The fraction of sp³-hybridized carbons (Fsp3) is 1.00. The fourth-order valence-electron chi connectivity index (χ4n) is 0.859. The molecule has 0 spiro atoms. The van der Waals surface area contributed by atoms with Crippen LogP contribution in [0.1, 0.15) is 34.1 Å². The fourth-order valence-corrected chi connectivity index (χ4v) is 0.859. The highest BCUT2D eigenvalue weighted by Crippen LogP contribution is 2.28. The minimum atomic E-state index is 0.257. The van der Waals surface area contributed by atoms with Crippen molar-refractivity contribution in [2.45, 2.75) is 45.8 Å². The molecular formula is C9H18B2. The van der Waals surface area contributed by atoms with Gasteiger partial charge in [0.25, 0.3) is 0 Å². The molecule has 60 valence electrons. The Morgan fingerprint density at radius 1 is 0.818 bits per heavy atom. The van der Waals surface area contributed by atoms with E-state index in [4.69, 9.17) is 15.7 Å². The smallest absolute Gasteiger partial charge is 0.0702 e. The summed E-state index contributed by atoms with van der Waals surface area (Å²) in [6.45, 7) is 8.55. The van der Waals surface area contributed by atoms with E-state index >= 15 is 0 Å². The van der Waals surface area contributed by atoms with E-state index in [0.29, 0.717) is 11.8 Å². The van der Waals surface area contributed by atoms with Gasteiger partial charge >= 0.3 is 0 Å². The molecule has 0 heterocycles. The molecule has 2 heteroatoms. The quantitative estimate of drug-likeness (QED) is 0.537. The van der Waals surface area contributed by atoms with Crippen LogP contribution in [0.15, 0.2) is 0 Å². The molecule has 0 saturated carbocycles. The van der Waals surface area contributed by atoms with Gasteiger partial charge in [-0.25, -0.2) is 0 Å². The topological polar surface area (TPSA) is 0 Å². The predicted octanol–water partition coefficient (Wildman–Crippen LogP) is 2.60. The van der Waals surface area contributed by atoms with Crippen LogP contribution in [-0.2, 0) is 0 Å². The van der Waals surface area contributed by atoms with E-state index in [9.17, 15) is 0 Å². The van der Waals surface area contributed by atoms with Crippen molar-refractivity contribution < 1.29 is 0 Å². The number of hydrogen-bond donors (Lipinski definition) is 0. The molecule has 0 aromatic heterocycles. The molecule has 0 aromatic carbocycles. The summed E-state index contributed by atoms with van der Waals surface area (Å²) in [6, 6.07) is 0. The summed E-state index contributed by atoms with van der Waals surface area (Å²) in [5.41, 5.74) is 0. The highest BCUT2D eigenvalue weighted by molar-refractivity contribution is 6.14. The lowest BCUT2D eigenvalue weighted by Gasteiger charge is -2.23. The molecular weight excluding hydrogens is 130 g/mol. The Balaban J connectivity index is 3.66. The number of rotatable bonds is 4. The summed E-state index contributed by atoms with van der Waals surface area (Å²) in [5.74, 6) is 1.60. The molecule has 4 radical (unpaired) electrons. The highest BCUT2D eigenvalue weighted by Gasteiger charge is 2.13. The SMILES string of the molecule is [B]C(CC([B])C(C)C)C(C)C. The Morgan fingerprint density at radius 2 is 1.09 bits per heavy atom. The number of hydrogen-bond acceptors (Lipinski definition) is 0. The van der Waals surface area contributed by atoms with Gasteiger partial charge in [-0.05, 0) is 0 Å². The van der Waals surface area contributed by atoms with Crippen molar-refractivity contribution in [3.8, 4) is 0 Å². The van der Waals surface area contributed by atoms with Crippen molar-refractivity contribution >= 4 is 15.7 Å². The Morgan fingerprint density at radius 3 is 1.27 bits per heavy atom. The lowest BCUT2D eigenvalue weighted by molar-refractivity contribution is 0.480. The van der Waals surface area contributed by atoms with Crippen molar-refractivity contribution in [1.82, 2.24) is 0 Å². The molecule has 0 aromatic rings. The second-order valence-corrected chi connectivity index (χ2v) is 4.05. The van der Waals surface area contributed by atoms with Crippen LogP contribution in [-0.4, -0.2) is 15.7 Å². The van der Waals surface area contributed by atoms with Gasteiger partial charge in [0, 0.05) is 0 Å². The average molecular weight is 148 g/mol. The van der Waals surface area contributed by atoms with Crippen LogP contribution < -0.4 is 0 Å². The zero-order chi connectivity index (χ0) is 9.02. The van der Waals surface area contributed by atoms with Gasteiger partial charge in [-0.3, -0.25) is 0 Å². The standard InChI is InChI=1S/C9H18B2/c1-6(2)8(10)5-9(11)7(3)4/h6-9H,5H2,1-4H3. The first-order chi connectivity index (χ1) is 4.95. The maximum absolute atomic E-state index is 5.88. The Kier molecular flexibility index (Phi) is 4.96. The summed E-state index contributed by atoms with van der Waals surface area (Å²) in [5, 5.41) is 0. The molecule has 0 aliphatic heterocycles. The molecule has 0 aliphatic rings. The molecule has 0 saturated heterocycles. The first-order valence-corrected chi connectivity index (χ1v) is 4.46. The maximum Gasteiger partial charge on any atom is 0.0702 e. The lowest BCUT2D eigenvalue weighted by Crippen LogP contribution is -2.09. The van der Waals surface area contributed by atoms with Gasteiger partial charge in [-0.2, -0.15) is 0 Å². The normalized spacial score (nSPS) is 17.3. The Labute approximate surface area is 74.0 Å². The molecule has 0 nitrogen and oxygen atoms in total. The van der Waals surface area contributed by atoms with Crippen LogP contribution in [0.2, 0.25) is 11.6 Å². The third kappa shape index (κ3) is 4.55. The molecule has 2 atom stereocenters. The second kappa shape index (κ2) is 4.90. The minimum absolute atomic E-state index is 0.257. The summed E-state index contributed by atoms with van der Waals surface area (Å²) >= 11 is 0. The van der Waals surface area contributed by atoms with Gasteiger partial charge in [0.1, 0.15) is 0 Å². The van der Waals surface area contributed by atoms with Crippen molar-refractivity contribution in [3.63, 3.8) is 0 Å². The second-order valence-electron chi connectivity index (χ2n) is 4.05. The van der Waals surface area contributed by atoms with Crippen LogP contribution >= 0.6 is 0 Å². The van der Waals surface area contributed by atoms with Crippen LogP contribution in [0.25, 0.3) is 0 Å². The van der Waals surface area contributed by atoms with Crippen molar-refractivity contribution in [1.29, 1.82) is 0 Å². The molecule has 0 fully saturated rings. The van der Waals surface area contributed by atoms with Crippen LogP contribution in [0, 0.1) is 11.8 Å². The Bertz CT molecular complexity index is 87.7. The minimum Gasteiger partial charge on any atom is -0.0756 e. The van der Waals surface area contributed by atoms with E-state index in [1.54, 1.807) is 0 Å². The molecule has 0 N–H and O–H groups in total. The van der Waals surface area contributed by atoms with Crippen LogP contribution in [0.3, 0.4) is 0 Å². The third-order valence-electron chi connectivity index (χ3n) is 2.26. The summed E-state index contributed by atoms with van der Waals surface area (Å²) in [4.78, 5) is 0. The molecule has 0 bridgehead atoms. The molecule has 0 rings (SSSR count). The lowest BCUT2D eigenvalue weighted by atomic mass is 9.65. The monoisotopic (exact) mass is 148 g/mol. The first kappa shape index (κ1) is 11.1. The van der Waals surface area contributed by atoms with Crippen molar-refractivity contribution in [2.75, 3.05) is 0 Å². The average Bonchev–Trinajstić information content (AvgIpc) is 1.87. The van der Waals surface area contributed by atoms with E-state index < -0.39 is 0 Å². The highest BCUT2D eigenvalue weighted by atomic mass is 14.1. The molecule has 0 amide bonds. The van der Waals surface area contributed by atoms with Gasteiger partial charge in [0.15, 0.2) is 0 Å². The Hall–Kier alpha value is 0.130. The predicted molar refractivity (Wildman–Crippen MR) is 53.3 cm³/mol. The van der Waals surface area contributed by atoms with E-state index in [2.05, 4.69) is 27.7 Å². The maximum atomic E-state index is 5.88. The van der Waals surface area contributed by atoms with E-state index in [0.717, 1.165) is 6.42 Å². The van der Waals surface area contributed by atoms with Crippen molar-refractivity contribution in [3.05, 3.63) is 0 Å². The van der Waals surface area contributed by atoms with E-state index in [1.807, 2.05) is 0 Å². The summed E-state index contributed by atoms with van der Waals surface area (Å²) in [6.07, 6.45) is 0.940. The van der Waals surface area contributed by atoms with Crippen LogP contribution in [0.4, 0.5) is 0 Å². The van der Waals surface area contributed by atoms with Crippen LogP contribution in [0.5, 0.6) is 0 Å². The first-order valence-electron chi connectivity index (χ1n) is 4.46. The summed E-state index contributed by atoms with van der Waals surface area (Å²) < 4.78 is 0. The molecule has 11 heavy (non-hydrogen) atoms. The van der Waals surface area contributed by atoms with E-state index in [1.165, 1.54) is 0 Å². The van der Waals surface area contributed by atoms with Gasteiger partial charge < -0.3 is 0 Å². The molecule has 0 aliphatic carbocycles. The summed E-state index contributed by atoms with van der Waals surface area (Å²) in [7, 11) is 11.8. The zero-order valence-corrected chi connectivity index (χ0v) is 8.17. The zero-order valence-electron chi connectivity index (χ0n) is 8.17. The van der Waals surface area contributed by atoms with Gasteiger partial charge in [0.2, 0.25) is 0 Å². The molecule has 2 unspecified atom stereocenters. The van der Waals surface area contributed by atoms with Gasteiger partial charge in [0.05, 0.1) is 15.7 Å². The largest absolute Gasteiger partial charge is 0.0756 e. The van der Waals surface area contributed by atoms with Gasteiger partial charge in [-0.1, -0.05) is 57.6 Å². The third-order valence-corrected chi connectivity index (χ3v) is 2.26. The van der Waals surface area contributed by atoms with E-state index in [-0.39, 0.29) is 11.6 Å². The van der Waals surface area contributed by atoms with Gasteiger partial charge in [-0.15, -0.1) is 0 Å². The van der Waals surface area contributed by atoms with Crippen molar-refractivity contribution in [2.24, 2.45) is 11.8 Å².